The second-order valence-electron chi connectivity index (χ2n) is 9.33. The number of benzene rings is 2. The number of carbonyl (C=O) groups excluding carboxylic acids is 1. The number of Topliss-reactive ketones (excluding diaryl/α,β-unsaturated/α-hetero) is 1. The fourth-order valence-corrected chi connectivity index (χ4v) is 6.42. The minimum atomic E-state index is 0.126. The Balaban J connectivity index is 1.17. The molecule has 0 bridgehead atoms. The number of allylic oxidation sites excluding steroid dienone is 1. The first kappa shape index (κ1) is 20.0. The topological polar surface area (TPSA) is 54.4 Å². The molecule has 3 atom stereocenters. The molecule has 1 saturated heterocycles. The number of hydrogen-bond acceptors (Lipinski definition) is 5. The largest absolute Gasteiger partial charge is 0.316 e. The molecule has 2 aliphatic heterocycles. The first-order valence-corrected chi connectivity index (χ1v) is 12.5. The normalized spacial score (nSPS) is 25.2. The van der Waals surface area contributed by atoms with Gasteiger partial charge in [-0.2, -0.15) is 0 Å². The molecule has 5 heteroatoms. The Morgan fingerprint density at radius 2 is 2.03 bits per heavy atom. The first-order valence-electron chi connectivity index (χ1n) is 11.6. The molecule has 0 amide bonds. The van der Waals surface area contributed by atoms with Crippen LogP contribution in [0.15, 0.2) is 70.2 Å². The molecule has 3 aliphatic rings. The van der Waals surface area contributed by atoms with Gasteiger partial charge in [-0.3, -0.25) is 9.79 Å². The van der Waals surface area contributed by atoms with E-state index >= 15 is 0 Å². The van der Waals surface area contributed by atoms with Gasteiger partial charge in [0, 0.05) is 30.4 Å². The lowest BCUT2D eigenvalue weighted by molar-refractivity contribution is -0.124. The molecule has 1 aromatic heterocycles. The molecule has 0 radical (unpaired) electrons. The zero-order valence-electron chi connectivity index (χ0n) is 18.1. The van der Waals surface area contributed by atoms with Crippen LogP contribution in [0.25, 0.3) is 10.2 Å². The van der Waals surface area contributed by atoms with E-state index in [1.54, 1.807) is 11.3 Å². The van der Waals surface area contributed by atoms with Gasteiger partial charge < -0.3 is 5.32 Å². The third kappa shape index (κ3) is 3.63. The number of nitrogens with one attached hydrogen (secondary N) is 1. The van der Waals surface area contributed by atoms with Crippen molar-refractivity contribution in [2.24, 2.45) is 16.8 Å². The smallest absolute Gasteiger partial charge is 0.136 e. The van der Waals surface area contributed by atoms with E-state index in [-0.39, 0.29) is 5.92 Å². The number of ketones is 1. The third-order valence-electron chi connectivity index (χ3n) is 7.48. The van der Waals surface area contributed by atoms with E-state index in [4.69, 9.17) is 4.99 Å². The van der Waals surface area contributed by atoms with Crippen molar-refractivity contribution < 1.29 is 4.79 Å². The molecule has 32 heavy (non-hydrogen) atoms. The van der Waals surface area contributed by atoms with E-state index in [9.17, 15) is 4.79 Å². The van der Waals surface area contributed by atoms with Gasteiger partial charge in [0.05, 0.1) is 28.0 Å². The second-order valence-corrected chi connectivity index (χ2v) is 10.2. The number of nitrogens with zero attached hydrogens (tertiary/aromatic N) is 2. The average Bonchev–Trinajstić information content (AvgIpc) is 3.58. The van der Waals surface area contributed by atoms with Gasteiger partial charge in [0.15, 0.2) is 0 Å². The van der Waals surface area contributed by atoms with Crippen LogP contribution in [0, 0.1) is 11.8 Å². The molecule has 1 unspecified atom stereocenters. The van der Waals surface area contributed by atoms with Crippen LogP contribution in [0.1, 0.15) is 42.7 Å². The highest BCUT2D eigenvalue weighted by molar-refractivity contribution is 7.16. The highest BCUT2D eigenvalue weighted by Crippen LogP contribution is 2.39. The summed E-state index contributed by atoms with van der Waals surface area (Å²) in [6, 6.07) is 17.1. The van der Waals surface area contributed by atoms with Crippen LogP contribution in [-0.4, -0.2) is 36.1 Å². The van der Waals surface area contributed by atoms with E-state index in [0.29, 0.717) is 24.0 Å². The monoisotopic (exact) mass is 441 g/mol. The Morgan fingerprint density at radius 3 is 2.94 bits per heavy atom. The van der Waals surface area contributed by atoms with Crippen molar-refractivity contribution in [3.63, 3.8) is 0 Å². The fourth-order valence-electron chi connectivity index (χ4n) is 5.71. The van der Waals surface area contributed by atoms with Crippen molar-refractivity contribution in [1.82, 2.24) is 10.3 Å². The Morgan fingerprint density at radius 1 is 1.12 bits per heavy atom. The highest BCUT2D eigenvalue weighted by Gasteiger charge is 2.35. The molecular weight excluding hydrogens is 414 g/mol. The van der Waals surface area contributed by atoms with Gasteiger partial charge in [0.25, 0.3) is 0 Å². The number of aliphatic imine (C=N–C) groups is 1. The van der Waals surface area contributed by atoms with E-state index in [1.165, 1.54) is 27.0 Å². The summed E-state index contributed by atoms with van der Waals surface area (Å²) < 4.78 is 1.20. The number of aromatic nitrogens is 1. The van der Waals surface area contributed by atoms with Gasteiger partial charge in [-0.1, -0.05) is 36.4 Å². The van der Waals surface area contributed by atoms with Gasteiger partial charge >= 0.3 is 0 Å². The van der Waals surface area contributed by atoms with Gasteiger partial charge in [0.1, 0.15) is 5.78 Å². The van der Waals surface area contributed by atoms with E-state index in [0.717, 1.165) is 50.1 Å². The lowest BCUT2D eigenvalue weighted by atomic mass is 9.76. The summed E-state index contributed by atoms with van der Waals surface area (Å²) in [6.07, 6.45) is 3.51. The maximum absolute atomic E-state index is 13.4. The summed E-state index contributed by atoms with van der Waals surface area (Å²) in [5, 5.41) is 3.52. The van der Waals surface area contributed by atoms with Gasteiger partial charge in [-0.05, 0) is 60.6 Å². The summed E-state index contributed by atoms with van der Waals surface area (Å²) in [7, 11) is 0. The van der Waals surface area contributed by atoms with Crippen LogP contribution < -0.4 is 5.32 Å². The molecule has 1 fully saturated rings. The number of carbonyl (C=O) groups is 1. The van der Waals surface area contributed by atoms with Crippen LogP contribution in [0.5, 0.6) is 0 Å². The van der Waals surface area contributed by atoms with E-state index < -0.39 is 0 Å². The summed E-state index contributed by atoms with van der Waals surface area (Å²) in [4.78, 5) is 22.7. The molecule has 2 aromatic carbocycles. The Bertz CT molecular complexity index is 1230. The molecule has 1 aliphatic carbocycles. The molecule has 0 saturated carbocycles. The Hall–Kier alpha value is -2.63. The predicted octanol–water partition coefficient (Wildman–Crippen LogP) is 5.16. The standard InChI is InChI=1S/C27H27N3OS/c31-25(11-21-13-28-15-23(21)17-4-2-1-3-5-17)18-6-7-20-14-29-27(22(20)10-18)19-8-9-24-26(12-19)32-16-30-24/h1-5,8-9,12,16,18,21,23,28H,6-7,10-11,13-15H2/t18?,21-,23+/m0/s1. The quantitative estimate of drug-likeness (QED) is 0.595. The summed E-state index contributed by atoms with van der Waals surface area (Å²) in [5.74, 6) is 1.40. The number of fused-ring (bicyclic) bond motifs is 1. The fraction of sp³-hybridized carbons (Fsp3) is 0.370. The molecule has 6 rings (SSSR count). The van der Waals surface area contributed by atoms with Crippen LogP contribution in [0.2, 0.25) is 0 Å². The zero-order valence-corrected chi connectivity index (χ0v) is 18.9. The van der Waals surface area contributed by atoms with Crippen molar-refractivity contribution in [3.8, 4) is 0 Å². The average molecular weight is 442 g/mol. The van der Waals surface area contributed by atoms with Crippen molar-refractivity contribution in [1.29, 1.82) is 0 Å². The first-order chi connectivity index (χ1) is 15.8. The van der Waals surface area contributed by atoms with E-state index in [1.807, 2.05) is 5.51 Å². The number of hydrogen-bond donors (Lipinski definition) is 1. The van der Waals surface area contributed by atoms with Gasteiger partial charge in [-0.15, -0.1) is 11.3 Å². The van der Waals surface area contributed by atoms with Gasteiger partial charge in [-0.25, -0.2) is 4.98 Å². The molecule has 3 aromatic rings. The van der Waals surface area contributed by atoms with Crippen LogP contribution >= 0.6 is 11.3 Å². The summed E-state index contributed by atoms with van der Waals surface area (Å²) >= 11 is 1.67. The molecule has 1 N–H and O–H groups in total. The minimum Gasteiger partial charge on any atom is -0.316 e. The lowest BCUT2D eigenvalue weighted by Crippen LogP contribution is -2.25. The molecule has 4 nitrogen and oxygen atoms in total. The Kier molecular flexibility index (Phi) is 5.24. The SMILES string of the molecule is O=C(C[C@H]1CNC[C@@H]1c1ccccc1)C1CCC2=C(C1)C(c1ccc3ncsc3c1)=NC2. The van der Waals surface area contributed by atoms with Crippen LogP contribution in [0.4, 0.5) is 0 Å². The van der Waals surface area contributed by atoms with E-state index in [2.05, 4.69) is 58.8 Å². The third-order valence-corrected chi connectivity index (χ3v) is 8.27. The number of thiazole rings is 1. The van der Waals surface area contributed by atoms with Crippen molar-refractivity contribution >= 4 is 33.0 Å². The van der Waals surface area contributed by atoms with Gasteiger partial charge in [0.2, 0.25) is 0 Å². The second kappa shape index (κ2) is 8.38. The van der Waals surface area contributed by atoms with Crippen molar-refractivity contribution in [3.05, 3.63) is 76.3 Å². The Labute approximate surface area is 192 Å². The maximum Gasteiger partial charge on any atom is 0.136 e. The molecule has 3 heterocycles. The number of rotatable bonds is 5. The van der Waals surface area contributed by atoms with Crippen LogP contribution in [-0.2, 0) is 4.79 Å². The highest BCUT2D eigenvalue weighted by atomic mass is 32.1. The van der Waals surface area contributed by atoms with Crippen LogP contribution in [0.3, 0.4) is 0 Å². The van der Waals surface area contributed by atoms with Crippen molar-refractivity contribution in [2.45, 2.75) is 31.6 Å². The summed E-state index contributed by atoms with van der Waals surface area (Å²) in [6.45, 7) is 2.71. The molecule has 0 spiro atoms. The molecular formula is C27H27N3OS. The molecule has 162 valence electrons. The zero-order chi connectivity index (χ0) is 21.5. The lowest BCUT2D eigenvalue weighted by Gasteiger charge is -2.26. The minimum absolute atomic E-state index is 0.126. The summed E-state index contributed by atoms with van der Waals surface area (Å²) in [5.41, 5.74) is 9.35. The van der Waals surface area contributed by atoms with Crippen molar-refractivity contribution in [2.75, 3.05) is 19.6 Å². The maximum atomic E-state index is 13.4. The predicted molar refractivity (Wildman–Crippen MR) is 131 cm³/mol.